The van der Waals surface area contributed by atoms with Crippen LogP contribution >= 0.6 is 0 Å². The molecule has 0 bridgehead atoms. The minimum atomic E-state index is -0.329. The van der Waals surface area contributed by atoms with Crippen molar-refractivity contribution in [2.24, 2.45) is 5.41 Å². The maximum absolute atomic E-state index is 11.7. The lowest BCUT2D eigenvalue weighted by molar-refractivity contribution is 0.112. The minimum Gasteiger partial charge on any atom is -0.486 e. The van der Waals surface area contributed by atoms with Crippen LogP contribution < -0.4 is 0 Å². The van der Waals surface area contributed by atoms with E-state index in [0.29, 0.717) is 5.56 Å². The van der Waals surface area contributed by atoms with Crippen LogP contribution in [0.4, 0.5) is 0 Å². The zero-order valence-electron chi connectivity index (χ0n) is 22.0. The maximum atomic E-state index is 11.7. The van der Waals surface area contributed by atoms with Crippen LogP contribution in [0.5, 0.6) is 0 Å². The van der Waals surface area contributed by atoms with Gasteiger partial charge in [0.25, 0.3) is 0 Å². The van der Waals surface area contributed by atoms with Gasteiger partial charge in [-0.1, -0.05) is 113 Å². The van der Waals surface area contributed by atoms with E-state index in [0.717, 1.165) is 40.7 Å². The van der Waals surface area contributed by atoms with Gasteiger partial charge in [0.15, 0.2) is 0 Å². The SMILES string of the molecule is C=C/C=C(C)\C=C/C1=CCC2OC(/C=C(\C)C(C)(C)c3ccccc3C=O)=CC(=C)C(C)(C)C2=C1. The van der Waals surface area contributed by atoms with E-state index < -0.39 is 0 Å². The lowest BCUT2D eigenvalue weighted by Gasteiger charge is -2.33. The number of carbonyl (C=O) groups excluding carboxylic acids is 1. The normalized spacial score (nSPS) is 20.8. The monoisotopic (exact) mass is 466 g/mol. The average Bonchev–Trinajstić information content (AvgIpc) is 2.91. The molecule has 0 spiro atoms. The Bertz CT molecular complexity index is 1210. The van der Waals surface area contributed by atoms with Crippen molar-refractivity contribution in [2.45, 2.75) is 59.5 Å². The van der Waals surface area contributed by atoms with Crippen molar-refractivity contribution in [1.82, 2.24) is 0 Å². The molecule has 1 aliphatic carbocycles. The fourth-order valence-electron chi connectivity index (χ4n) is 4.57. The van der Waals surface area contributed by atoms with E-state index >= 15 is 0 Å². The number of aldehydes is 1. The number of fused-ring (bicyclic) bond motifs is 1. The summed E-state index contributed by atoms with van der Waals surface area (Å²) in [7, 11) is 0. The molecule has 1 unspecified atom stereocenters. The summed E-state index contributed by atoms with van der Waals surface area (Å²) < 4.78 is 6.58. The molecule has 2 nitrogen and oxygen atoms in total. The van der Waals surface area contributed by atoms with Gasteiger partial charge in [0, 0.05) is 22.8 Å². The molecule has 1 aromatic carbocycles. The van der Waals surface area contributed by atoms with Crippen molar-refractivity contribution < 1.29 is 9.53 Å². The number of allylic oxidation sites excluding steroid dienone is 11. The van der Waals surface area contributed by atoms with E-state index in [1.165, 1.54) is 11.1 Å². The zero-order valence-corrected chi connectivity index (χ0v) is 22.0. The summed E-state index contributed by atoms with van der Waals surface area (Å²) in [4.78, 5) is 11.7. The van der Waals surface area contributed by atoms with Gasteiger partial charge in [0.05, 0.1) is 0 Å². The van der Waals surface area contributed by atoms with Crippen molar-refractivity contribution in [3.05, 3.63) is 131 Å². The number of carbonyl (C=O) groups is 1. The molecule has 0 fully saturated rings. The van der Waals surface area contributed by atoms with Crippen LogP contribution in [0.25, 0.3) is 0 Å². The number of hydrogen-bond acceptors (Lipinski definition) is 2. The Labute approximate surface area is 211 Å². The average molecular weight is 467 g/mol. The van der Waals surface area contributed by atoms with Gasteiger partial charge < -0.3 is 4.74 Å². The van der Waals surface area contributed by atoms with Crippen LogP contribution in [0.1, 0.15) is 63.9 Å². The van der Waals surface area contributed by atoms with E-state index in [2.05, 4.69) is 91.2 Å². The predicted molar refractivity (Wildman–Crippen MR) is 148 cm³/mol. The van der Waals surface area contributed by atoms with E-state index in [1.807, 2.05) is 30.3 Å². The molecule has 0 N–H and O–H groups in total. The zero-order chi connectivity index (χ0) is 25.8. The molecule has 3 rings (SSSR count). The molecule has 1 aliphatic heterocycles. The predicted octanol–water partition coefficient (Wildman–Crippen LogP) is 8.53. The molecule has 0 radical (unpaired) electrons. The number of hydrogen-bond donors (Lipinski definition) is 0. The summed E-state index contributed by atoms with van der Waals surface area (Å²) in [6.07, 6.45) is 18.4. The Morgan fingerprint density at radius 2 is 1.89 bits per heavy atom. The van der Waals surface area contributed by atoms with Gasteiger partial charge in [-0.3, -0.25) is 4.79 Å². The van der Waals surface area contributed by atoms with Gasteiger partial charge in [0.2, 0.25) is 0 Å². The second-order valence-electron chi connectivity index (χ2n) is 10.5. The van der Waals surface area contributed by atoms with Crippen LogP contribution in [0.2, 0.25) is 0 Å². The van der Waals surface area contributed by atoms with E-state index in [1.54, 1.807) is 6.08 Å². The highest BCUT2D eigenvalue weighted by atomic mass is 16.5. The molecule has 2 aliphatic rings. The Hall–Kier alpha value is -3.39. The molecule has 2 heteroatoms. The van der Waals surface area contributed by atoms with Crippen LogP contribution in [-0.4, -0.2) is 12.4 Å². The maximum Gasteiger partial charge on any atom is 0.150 e. The van der Waals surface area contributed by atoms with Gasteiger partial charge in [-0.05, 0) is 48.3 Å². The van der Waals surface area contributed by atoms with Gasteiger partial charge in [0.1, 0.15) is 18.1 Å². The van der Waals surface area contributed by atoms with E-state index in [4.69, 9.17) is 4.74 Å². The lowest BCUT2D eigenvalue weighted by Crippen LogP contribution is -2.27. The van der Waals surface area contributed by atoms with Gasteiger partial charge in [-0.2, -0.15) is 0 Å². The summed E-state index contributed by atoms with van der Waals surface area (Å²) in [6.45, 7) is 21.1. The van der Waals surface area contributed by atoms with Crippen molar-refractivity contribution in [3.63, 3.8) is 0 Å². The molecule has 182 valence electrons. The Kier molecular flexibility index (Phi) is 7.85. The summed E-state index contributed by atoms with van der Waals surface area (Å²) >= 11 is 0. The topological polar surface area (TPSA) is 26.3 Å². The number of rotatable bonds is 7. The van der Waals surface area contributed by atoms with Crippen LogP contribution in [-0.2, 0) is 10.2 Å². The first-order chi connectivity index (χ1) is 16.5. The van der Waals surface area contributed by atoms with Gasteiger partial charge >= 0.3 is 0 Å². The standard InChI is InChI=1S/C33H38O2/c1-9-12-23(2)15-16-26-17-18-31-30(21-26)33(7,8)25(4)20-28(35-31)19-24(3)32(5,6)29-14-11-10-13-27(29)22-34/h9-17,19-22,31H,1,4,18H2,2-3,5-8H3/b16-15-,23-12-,24-19+. The first kappa shape index (κ1) is 26.2. The highest BCUT2D eigenvalue weighted by Gasteiger charge is 2.36. The fourth-order valence-corrected chi connectivity index (χ4v) is 4.57. The van der Waals surface area contributed by atoms with Crippen LogP contribution in [0, 0.1) is 5.41 Å². The Morgan fingerprint density at radius 3 is 2.57 bits per heavy atom. The van der Waals surface area contributed by atoms with E-state index in [9.17, 15) is 4.79 Å². The molecule has 35 heavy (non-hydrogen) atoms. The third kappa shape index (κ3) is 5.65. The van der Waals surface area contributed by atoms with E-state index in [-0.39, 0.29) is 16.9 Å². The van der Waals surface area contributed by atoms with Crippen molar-refractivity contribution >= 4 is 6.29 Å². The Balaban J connectivity index is 1.94. The summed E-state index contributed by atoms with van der Waals surface area (Å²) in [5.74, 6) is 0.808. The van der Waals surface area contributed by atoms with Gasteiger partial charge in [-0.15, -0.1) is 0 Å². The van der Waals surface area contributed by atoms with Crippen molar-refractivity contribution in [3.8, 4) is 0 Å². The second kappa shape index (κ2) is 10.5. The van der Waals surface area contributed by atoms with Crippen LogP contribution in [0.3, 0.4) is 0 Å². The smallest absolute Gasteiger partial charge is 0.150 e. The largest absolute Gasteiger partial charge is 0.486 e. The highest BCUT2D eigenvalue weighted by Crippen LogP contribution is 2.45. The molecule has 0 saturated heterocycles. The van der Waals surface area contributed by atoms with Crippen molar-refractivity contribution in [2.75, 3.05) is 0 Å². The molecule has 0 saturated carbocycles. The first-order valence-electron chi connectivity index (χ1n) is 12.2. The quantitative estimate of drug-likeness (QED) is 0.297. The lowest BCUT2D eigenvalue weighted by atomic mass is 9.73. The molecule has 1 atom stereocenters. The second-order valence-corrected chi connectivity index (χ2v) is 10.5. The first-order valence-corrected chi connectivity index (χ1v) is 12.2. The molecular weight excluding hydrogens is 428 g/mol. The molecule has 0 aromatic heterocycles. The highest BCUT2D eigenvalue weighted by molar-refractivity contribution is 5.78. The number of ether oxygens (including phenoxy) is 1. The van der Waals surface area contributed by atoms with Crippen molar-refractivity contribution in [1.29, 1.82) is 0 Å². The minimum absolute atomic E-state index is 0.0492. The summed E-state index contributed by atoms with van der Waals surface area (Å²) in [6, 6.07) is 7.78. The van der Waals surface area contributed by atoms with Crippen LogP contribution in [0.15, 0.2) is 120 Å². The molecule has 0 amide bonds. The summed E-state index contributed by atoms with van der Waals surface area (Å²) in [5, 5.41) is 0. The molecule has 1 heterocycles. The summed E-state index contributed by atoms with van der Waals surface area (Å²) in [5.41, 5.74) is 6.88. The fraction of sp³-hybridized carbons (Fsp3) is 0.303. The third-order valence-corrected chi connectivity index (χ3v) is 7.38. The third-order valence-electron chi connectivity index (χ3n) is 7.38. The Morgan fingerprint density at radius 1 is 1.17 bits per heavy atom. The number of benzene rings is 1. The molecule has 1 aromatic rings. The van der Waals surface area contributed by atoms with Gasteiger partial charge in [-0.25, -0.2) is 0 Å². The molecular formula is C33H38O2.